The highest BCUT2D eigenvalue weighted by Crippen LogP contribution is 2.35. The number of hydrogen-bond acceptors (Lipinski definition) is 6. The van der Waals surface area contributed by atoms with Crippen LogP contribution >= 0.6 is 0 Å². The molecule has 1 aliphatic heterocycles. The third kappa shape index (κ3) is 4.73. The number of amides is 1. The minimum absolute atomic E-state index is 0.0482. The van der Waals surface area contributed by atoms with Gasteiger partial charge in [-0.25, -0.2) is 0 Å². The lowest BCUT2D eigenvalue weighted by Gasteiger charge is -2.46. The van der Waals surface area contributed by atoms with Gasteiger partial charge in [0.05, 0.1) is 18.2 Å². The van der Waals surface area contributed by atoms with Gasteiger partial charge in [0, 0.05) is 26.4 Å². The Morgan fingerprint density at radius 3 is 2.70 bits per heavy atom. The molecule has 30 heavy (non-hydrogen) atoms. The van der Waals surface area contributed by atoms with Crippen LogP contribution in [0.3, 0.4) is 0 Å². The summed E-state index contributed by atoms with van der Waals surface area (Å²) in [6.45, 7) is 3.45. The van der Waals surface area contributed by atoms with Gasteiger partial charge in [0.2, 0.25) is 11.8 Å². The van der Waals surface area contributed by atoms with E-state index in [0.29, 0.717) is 43.6 Å². The molecule has 2 fully saturated rings. The summed E-state index contributed by atoms with van der Waals surface area (Å²) in [5.41, 5.74) is 0.195. The summed E-state index contributed by atoms with van der Waals surface area (Å²) in [7, 11) is 0. The van der Waals surface area contributed by atoms with Crippen LogP contribution in [0.15, 0.2) is 34.9 Å². The van der Waals surface area contributed by atoms with E-state index in [4.69, 9.17) is 4.52 Å². The van der Waals surface area contributed by atoms with Gasteiger partial charge in [0.1, 0.15) is 0 Å². The Morgan fingerprint density at radius 2 is 2.03 bits per heavy atom. The minimum Gasteiger partial charge on any atom is -0.389 e. The number of likely N-dealkylation sites (tertiary alicyclic amines) is 1. The zero-order valence-electron chi connectivity index (χ0n) is 17.7. The summed E-state index contributed by atoms with van der Waals surface area (Å²) >= 11 is 0. The summed E-state index contributed by atoms with van der Waals surface area (Å²) in [5, 5.41) is 18.5. The van der Waals surface area contributed by atoms with Gasteiger partial charge in [-0.2, -0.15) is 4.98 Å². The highest BCUT2D eigenvalue weighted by Gasteiger charge is 2.45. The van der Waals surface area contributed by atoms with Crippen LogP contribution in [-0.4, -0.2) is 45.2 Å². The van der Waals surface area contributed by atoms with E-state index in [1.54, 1.807) is 6.92 Å². The Bertz CT molecular complexity index is 834. The van der Waals surface area contributed by atoms with Crippen molar-refractivity contribution in [2.24, 2.45) is 5.92 Å². The third-order valence-corrected chi connectivity index (χ3v) is 6.61. The van der Waals surface area contributed by atoms with Gasteiger partial charge in [-0.1, -0.05) is 54.8 Å². The van der Waals surface area contributed by atoms with Gasteiger partial charge in [-0.3, -0.25) is 9.69 Å². The molecule has 1 aromatic carbocycles. The van der Waals surface area contributed by atoms with Crippen molar-refractivity contribution in [1.29, 1.82) is 0 Å². The van der Waals surface area contributed by atoms with Crippen molar-refractivity contribution in [1.82, 2.24) is 20.4 Å². The fourth-order valence-corrected chi connectivity index (χ4v) is 4.99. The van der Waals surface area contributed by atoms with Gasteiger partial charge in [0.25, 0.3) is 0 Å². The van der Waals surface area contributed by atoms with Crippen LogP contribution in [0.5, 0.6) is 0 Å². The van der Waals surface area contributed by atoms with Gasteiger partial charge in [-0.05, 0) is 30.7 Å². The average molecular weight is 413 g/mol. The number of aromatic nitrogens is 2. The number of carbonyl (C=O) groups is 1. The second-order valence-electron chi connectivity index (χ2n) is 8.82. The number of nitrogens with one attached hydrogen (secondary N) is 1. The zero-order valence-corrected chi connectivity index (χ0v) is 17.7. The first kappa shape index (κ1) is 21.0. The normalized spacial score (nSPS) is 25.9. The molecule has 7 heteroatoms. The first-order chi connectivity index (χ1) is 14.5. The fraction of sp³-hybridized carbons (Fsp3) is 0.609. The fourth-order valence-electron chi connectivity index (χ4n) is 4.99. The number of nitrogens with zero attached hydrogens (tertiary/aromatic N) is 3. The number of β-amino-alcohol motifs (C(OH)–C–C–N with tert-alkyl or cyclic N) is 1. The molecule has 2 heterocycles. The second-order valence-corrected chi connectivity index (χ2v) is 8.82. The number of rotatable bonds is 6. The maximum Gasteiger partial charge on any atom is 0.223 e. The van der Waals surface area contributed by atoms with Crippen LogP contribution in [0.1, 0.15) is 62.2 Å². The Kier molecular flexibility index (Phi) is 6.49. The summed E-state index contributed by atoms with van der Waals surface area (Å²) in [5.74, 6) is 1.67. The topological polar surface area (TPSA) is 91.5 Å². The zero-order chi connectivity index (χ0) is 21.0. The molecule has 162 valence electrons. The van der Waals surface area contributed by atoms with Crippen LogP contribution in [0.4, 0.5) is 0 Å². The van der Waals surface area contributed by atoms with E-state index >= 15 is 0 Å². The molecule has 0 bridgehead atoms. The highest BCUT2D eigenvalue weighted by atomic mass is 16.5. The summed E-state index contributed by atoms with van der Waals surface area (Å²) in [4.78, 5) is 19.4. The van der Waals surface area contributed by atoms with Crippen molar-refractivity contribution in [3.05, 3.63) is 47.6 Å². The first-order valence-corrected chi connectivity index (χ1v) is 11.1. The molecule has 2 aromatic rings. The molecule has 2 aliphatic rings. The molecular formula is C23H32N4O3. The van der Waals surface area contributed by atoms with Crippen LogP contribution in [0.25, 0.3) is 0 Å². The number of hydrogen-bond donors (Lipinski definition) is 2. The molecule has 1 amide bonds. The first-order valence-electron chi connectivity index (χ1n) is 11.1. The van der Waals surface area contributed by atoms with Crippen LogP contribution in [-0.2, 0) is 16.9 Å². The molecule has 1 aliphatic carbocycles. The molecule has 2 atom stereocenters. The standard InChI is InChI=1S/C23H32N4O3/c1-17-24-21(26-30-17)16-27-13-12-23(20(28)15-27,19-10-6-3-7-11-19)25-22(29)14-18-8-4-2-5-9-18/h3,6-7,10-11,18,20,28H,2,4-5,8-9,12-16H2,1H3,(H,25,29)/t20-,23-/m1/s1. The predicted octanol–water partition coefficient (Wildman–Crippen LogP) is 2.93. The van der Waals surface area contributed by atoms with Crippen molar-refractivity contribution in [3.8, 4) is 0 Å². The maximum absolute atomic E-state index is 13.0. The molecule has 1 aromatic heterocycles. The Labute approximate surface area is 177 Å². The SMILES string of the molecule is Cc1nc(CN2CC[C@@](NC(=O)CC3CCCCC3)(c3ccccc3)[C@H](O)C2)no1. The smallest absolute Gasteiger partial charge is 0.223 e. The number of aryl methyl sites for hydroxylation is 1. The lowest BCUT2D eigenvalue weighted by Crippen LogP contribution is -2.61. The Morgan fingerprint density at radius 1 is 1.27 bits per heavy atom. The Balaban J connectivity index is 1.48. The van der Waals surface area contributed by atoms with Crippen molar-refractivity contribution in [2.45, 2.75) is 70.1 Å². The Hall–Kier alpha value is -2.25. The summed E-state index contributed by atoms with van der Waals surface area (Å²) in [6.07, 6.45) is 6.43. The van der Waals surface area contributed by atoms with E-state index in [1.165, 1.54) is 19.3 Å². The van der Waals surface area contributed by atoms with E-state index in [0.717, 1.165) is 24.9 Å². The van der Waals surface area contributed by atoms with Gasteiger partial charge in [-0.15, -0.1) is 0 Å². The molecule has 0 spiro atoms. The summed E-state index contributed by atoms with van der Waals surface area (Å²) in [6, 6.07) is 9.89. The maximum atomic E-state index is 13.0. The number of benzene rings is 1. The molecule has 0 radical (unpaired) electrons. The molecule has 4 rings (SSSR count). The average Bonchev–Trinajstić information content (AvgIpc) is 3.16. The van der Waals surface area contributed by atoms with Crippen LogP contribution in [0, 0.1) is 12.8 Å². The van der Waals surface area contributed by atoms with E-state index in [9.17, 15) is 9.90 Å². The molecule has 7 nitrogen and oxygen atoms in total. The van der Waals surface area contributed by atoms with E-state index in [1.807, 2.05) is 30.3 Å². The number of aliphatic hydroxyl groups is 1. The minimum atomic E-state index is -0.767. The highest BCUT2D eigenvalue weighted by molar-refractivity contribution is 5.77. The second kappa shape index (κ2) is 9.27. The quantitative estimate of drug-likeness (QED) is 0.758. The van der Waals surface area contributed by atoms with Crippen LogP contribution in [0.2, 0.25) is 0 Å². The summed E-state index contributed by atoms with van der Waals surface area (Å²) < 4.78 is 5.06. The third-order valence-electron chi connectivity index (χ3n) is 6.61. The van der Waals surface area contributed by atoms with Gasteiger partial charge >= 0.3 is 0 Å². The molecule has 0 unspecified atom stereocenters. The lowest BCUT2D eigenvalue weighted by molar-refractivity contribution is -0.128. The molecule has 2 N–H and O–H groups in total. The largest absolute Gasteiger partial charge is 0.389 e. The predicted molar refractivity (Wildman–Crippen MR) is 112 cm³/mol. The van der Waals surface area contributed by atoms with E-state index < -0.39 is 11.6 Å². The van der Waals surface area contributed by atoms with Crippen molar-refractivity contribution in [3.63, 3.8) is 0 Å². The molecular weight excluding hydrogens is 380 g/mol. The lowest BCUT2D eigenvalue weighted by atomic mass is 9.78. The number of carbonyl (C=O) groups excluding carboxylic acids is 1. The van der Waals surface area contributed by atoms with Crippen molar-refractivity contribution >= 4 is 5.91 Å². The van der Waals surface area contributed by atoms with E-state index in [-0.39, 0.29) is 5.91 Å². The molecule has 1 saturated carbocycles. The monoisotopic (exact) mass is 412 g/mol. The number of piperidine rings is 1. The number of aliphatic hydroxyl groups excluding tert-OH is 1. The van der Waals surface area contributed by atoms with Crippen molar-refractivity contribution in [2.75, 3.05) is 13.1 Å². The van der Waals surface area contributed by atoms with E-state index in [2.05, 4.69) is 20.4 Å². The van der Waals surface area contributed by atoms with Crippen LogP contribution < -0.4 is 5.32 Å². The van der Waals surface area contributed by atoms with Gasteiger partial charge < -0.3 is 14.9 Å². The van der Waals surface area contributed by atoms with Gasteiger partial charge in [0.15, 0.2) is 5.82 Å². The van der Waals surface area contributed by atoms with Crippen molar-refractivity contribution < 1.29 is 14.4 Å². The molecule has 1 saturated heterocycles.